The summed E-state index contributed by atoms with van der Waals surface area (Å²) in [5.41, 5.74) is 2.46. The summed E-state index contributed by atoms with van der Waals surface area (Å²) in [7, 11) is 1.83. The summed E-state index contributed by atoms with van der Waals surface area (Å²) < 4.78 is 3.03. The van der Waals surface area contributed by atoms with Gasteiger partial charge in [0, 0.05) is 24.8 Å². The Morgan fingerprint density at radius 3 is 2.71 bits per heavy atom. The second-order valence-corrected chi connectivity index (χ2v) is 4.71. The largest absolute Gasteiger partial charge is 0.390 e. The predicted molar refractivity (Wildman–Crippen MR) is 73.4 cm³/mol. The van der Waals surface area contributed by atoms with Crippen LogP contribution >= 0.6 is 0 Å². The van der Waals surface area contributed by atoms with Gasteiger partial charge in [0.2, 0.25) is 5.91 Å². The van der Waals surface area contributed by atoms with E-state index in [1.54, 1.807) is 17.8 Å². The van der Waals surface area contributed by atoms with Crippen molar-refractivity contribution in [1.29, 1.82) is 0 Å². The monoisotopic (exact) mass is 292 g/mol. The summed E-state index contributed by atoms with van der Waals surface area (Å²) in [5, 5.41) is 21.2. The molecule has 0 aliphatic heterocycles. The van der Waals surface area contributed by atoms with Gasteiger partial charge >= 0.3 is 5.82 Å². The zero-order valence-electron chi connectivity index (χ0n) is 12.0. The van der Waals surface area contributed by atoms with E-state index in [4.69, 9.17) is 0 Å². The smallest absolute Gasteiger partial charge is 0.358 e. The van der Waals surface area contributed by atoms with Crippen molar-refractivity contribution in [3.05, 3.63) is 39.3 Å². The Morgan fingerprint density at radius 2 is 2.19 bits per heavy atom. The lowest BCUT2D eigenvalue weighted by atomic mass is 10.2. The van der Waals surface area contributed by atoms with Crippen LogP contribution in [0.15, 0.2) is 12.3 Å². The third-order valence-electron chi connectivity index (χ3n) is 3.26. The lowest BCUT2D eigenvalue weighted by Crippen LogP contribution is -2.28. The lowest BCUT2D eigenvalue weighted by molar-refractivity contribution is -0.389. The summed E-state index contributed by atoms with van der Waals surface area (Å²) in [6, 6.07) is 1.33. The number of aromatic nitrogens is 4. The molecule has 0 fully saturated rings. The molecule has 1 N–H and O–H groups in total. The highest BCUT2D eigenvalue weighted by Crippen LogP contribution is 2.10. The van der Waals surface area contributed by atoms with Crippen LogP contribution in [0.25, 0.3) is 0 Å². The molecule has 0 saturated carbocycles. The Labute approximate surface area is 120 Å². The third kappa shape index (κ3) is 3.25. The number of aryl methyl sites for hydroxylation is 2. The zero-order valence-corrected chi connectivity index (χ0v) is 12.0. The lowest BCUT2D eigenvalue weighted by Gasteiger charge is -2.04. The number of hydrogen-bond donors (Lipinski definition) is 1. The van der Waals surface area contributed by atoms with Gasteiger partial charge in [0.1, 0.15) is 6.54 Å². The molecule has 112 valence electrons. The molecule has 2 rings (SSSR count). The SMILES string of the molecule is Cc1c(CNC(=O)Cn2nc([N+](=O)[O-])cc2C)cnn1C. The van der Waals surface area contributed by atoms with Crippen LogP contribution in [0.5, 0.6) is 0 Å². The van der Waals surface area contributed by atoms with Gasteiger partial charge in [-0.25, -0.2) is 0 Å². The van der Waals surface area contributed by atoms with Crippen LogP contribution in [0.4, 0.5) is 5.82 Å². The topological polar surface area (TPSA) is 108 Å². The van der Waals surface area contributed by atoms with E-state index >= 15 is 0 Å². The number of amides is 1. The van der Waals surface area contributed by atoms with Crippen LogP contribution in [0.3, 0.4) is 0 Å². The summed E-state index contributed by atoms with van der Waals surface area (Å²) in [4.78, 5) is 21.9. The van der Waals surface area contributed by atoms with E-state index < -0.39 is 4.92 Å². The van der Waals surface area contributed by atoms with E-state index in [1.807, 2.05) is 14.0 Å². The molecule has 2 aromatic rings. The van der Waals surface area contributed by atoms with Gasteiger partial charge in [-0.3, -0.25) is 9.48 Å². The Kier molecular flexibility index (Phi) is 4.01. The molecule has 0 aromatic carbocycles. The van der Waals surface area contributed by atoms with E-state index in [1.165, 1.54) is 10.7 Å². The molecular weight excluding hydrogens is 276 g/mol. The average Bonchev–Trinajstić information content (AvgIpc) is 2.93. The fraction of sp³-hybridized carbons (Fsp3) is 0.417. The normalized spacial score (nSPS) is 10.6. The first-order valence-electron chi connectivity index (χ1n) is 6.31. The Bertz CT molecular complexity index is 687. The molecule has 0 radical (unpaired) electrons. The highest BCUT2D eigenvalue weighted by molar-refractivity contribution is 5.75. The highest BCUT2D eigenvalue weighted by Gasteiger charge is 2.17. The van der Waals surface area contributed by atoms with E-state index in [2.05, 4.69) is 15.5 Å². The van der Waals surface area contributed by atoms with Crippen molar-refractivity contribution in [3.63, 3.8) is 0 Å². The van der Waals surface area contributed by atoms with Crippen molar-refractivity contribution in [3.8, 4) is 0 Å². The molecule has 0 atom stereocenters. The quantitative estimate of drug-likeness (QED) is 0.636. The van der Waals surface area contributed by atoms with E-state index in [0.717, 1.165) is 11.3 Å². The maximum atomic E-state index is 11.9. The third-order valence-corrected chi connectivity index (χ3v) is 3.26. The molecule has 21 heavy (non-hydrogen) atoms. The molecule has 0 bridgehead atoms. The van der Waals surface area contributed by atoms with Gasteiger partial charge in [0.05, 0.1) is 23.1 Å². The first-order chi connectivity index (χ1) is 9.88. The number of nitro groups is 1. The summed E-state index contributed by atoms with van der Waals surface area (Å²) in [6.07, 6.45) is 1.69. The Balaban J connectivity index is 1.96. The number of hydrogen-bond acceptors (Lipinski definition) is 5. The first kappa shape index (κ1) is 14.7. The van der Waals surface area contributed by atoms with E-state index in [-0.39, 0.29) is 18.3 Å². The number of carbonyl (C=O) groups excluding carboxylic acids is 1. The molecule has 0 aliphatic carbocycles. The molecule has 0 spiro atoms. The highest BCUT2D eigenvalue weighted by atomic mass is 16.6. The van der Waals surface area contributed by atoms with Gasteiger partial charge in [-0.05, 0) is 18.8 Å². The molecule has 9 heteroatoms. The van der Waals surface area contributed by atoms with Gasteiger partial charge in [0.25, 0.3) is 0 Å². The Hall–Kier alpha value is -2.71. The molecule has 2 heterocycles. The molecule has 1 amide bonds. The molecular formula is C12H16N6O3. The van der Waals surface area contributed by atoms with Crippen LogP contribution in [0.1, 0.15) is 17.0 Å². The van der Waals surface area contributed by atoms with E-state index in [0.29, 0.717) is 12.2 Å². The van der Waals surface area contributed by atoms with Gasteiger partial charge in [-0.2, -0.15) is 9.78 Å². The first-order valence-corrected chi connectivity index (χ1v) is 6.31. The zero-order chi connectivity index (χ0) is 15.6. The Morgan fingerprint density at radius 1 is 1.48 bits per heavy atom. The maximum absolute atomic E-state index is 11.9. The van der Waals surface area contributed by atoms with Crippen LogP contribution in [-0.2, 0) is 24.9 Å². The summed E-state index contributed by atoms with van der Waals surface area (Å²) in [5.74, 6) is -0.525. The van der Waals surface area contributed by atoms with Crippen LogP contribution in [0.2, 0.25) is 0 Å². The minimum absolute atomic E-state index is 0.0566. The van der Waals surface area contributed by atoms with Crippen LogP contribution in [-0.4, -0.2) is 30.4 Å². The average molecular weight is 292 g/mol. The van der Waals surface area contributed by atoms with E-state index in [9.17, 15) is 14.9 Å². The van der Waals surface area contributed by atoms with Crippen molar-refractivity contribution in [1.82, 2.24) is 24.9 Å². The minimum atomic E-state index is -0.583. The number of rotatable bonds is 5. The molecule has 9 nitrogen and oxygen atoms in total. The standard InChI is InChI=1S/C12H16N6O3/c1-8-4-11(18(20)21)15-17(8)7-12(19)13-5-10-6-14-16(3)9(10)2/h4,6H,5,7H2,1-3H3,(H,13,19). The molecule has 0 unspecified atom stereocenters. The van der Waals surface area contributed by atoms with Crippen LogP contribution in [0, 0.1) is 24.0 Å². The van der Waals surface area contributed by atoms with Gasteiger partial charge in [-0.15, -0.1) is 0 Å². The number of nitrogens with zero attached hydrogens (tertiary/aromatic N) is 5. The fourth-order valence-electron chi connectivity index (χ4n) is 1.85. The fourth-order valence-corrected chi connectivity index (χ4v) is 1.85. The number of nitrogens with one attached hydrogen (secondary N) is 1. The van der Waals surface area contributed by atoms with Crippen molar-refractivity contribution >= 4 is 11.7 Å². The second kappa shape index (κ2) is 5.73. The predicted octanol–water partition coefficient (Wildman–Crippen LogP) is 0.458. The molecule has 0 saturated heterocycles. The summed E-state index contributed by atoms with van der Waals surface area (Å²) >= 11 is 0. The van der Waals surface area contributed by atoms with Crippen molar-refractivity contribution in [2.75, 3.05) is 0 Å². The molecule has 0 aliphatic rings. The van der Waals surface area contributed by atoms with Crippen molar-refractivity contribution in [2.45, 2.75) is 26.9 Å². The minimum Gasteiger partial charge on any atom is -0.358 e. The molecule has 2 aromatic heterocycles. The maximum Gasteiger partial charge on any atom is 0.390 e. The number of carbonyl (C=O) groups is 1. The van der Waals surface area contributed by atoms with Crippen molar-refractivity contribution < 1.29 is 9.72 Å². The second-order valence-electron chi connectivity index (χ2n) is 4.71. The van der Waals surface area contributed by atoms with Crippen LogP contribution < -0.4 is 5.32 Å². The van der Waals surface area contributed by atoms with Crippen molar-refractivity contribution in [2.24, 2.45) is 7.05 Å². The van der Waals surface area contributed by atoms with Gasteiger partial charge in [0.15, 0.2) is 0 Å². The van der Waals surface area contributed by atoms with Gasteiger partial charge < -0.3 is 15.4 Å². The summed E-state index contributed by atoms with van der Waals surface area (Å²) in [6.45, 7) is 3.88. The van der Waals surface area contributed by atoms with Gasteiger partial charge in [-0.1, -0.05) is 0 Å².